The quantitative estimate of drug-likeness (QED) is 0.889. The van der Waals surface area contributed by atoms with Crippen LogP contribution >= 0.6 is 0 Å². The van der Waals surface area contributed by atoms with Gasteiger partial charge in [0.15, 0.2) is 0 Å². The molecule has 5 heteroatoms. The third-order valence-corrected chi connectivity index (χ3v) is 3.37. The van der Waals surface area contributed by atoms with Crippen LogP contribution in [0.1, 0.15) is 17.3 Å². The Labute approximate surface area is 130 Å². The summed E-state index contributed by atoms with van der Waals surface area (Å²) in [6, 6.07) is 11.4. The van der Waals surface area contributed by atoms with Gasteiger partial charge in [0.2, 0.25) is 5.91 Å². The predicted octanol–water partition coefficient (Wildman–Crippen LogP) is 2.18. The zero-order valence-electron chi connectivity index (χ0n) is 12.8. The number of rotatable bonds is 6. The van der Waals surface area contributed by atoms with E-state index in [-0.39, 0.29) is 11.7 Å². The number of hydrogen-bond donors (Lipinski definition) is 1. The molecule has 0 saturated heterocycles. The minimum atomic E-state index is -0.648. The summed E-state index contributed by atoms with van der Waals surface area (Å²) >= 11 is 0. The van der Waals surface area contributed by atoms with E-state index in [1.54, 1.807) is 43.4 Å². The van der Waals surface area contributed by atoms with Crippen LogP contribution < -0.4 is 5.32 Å². The zero-order chi connectivity index (χ0) is 15.9. The largest absolute Gasteiger partial charge is 0.354 e. The molecule has 2 rings (SSSR count). The highest BCUT2D eigenvalue weighted by atomic mass is 19.1. The van der Waals surface area contributed by atoms with E-state index >= 15 is 0 Å². The number of carbonyl (C=O) groups is 1. The molecular weight excluding hydrogens is 281 g/mol. The molecule has 1 atom stereocenters. The van der Waals surface area contributed by atoms with Gasteiger partial charge >= 0.3 is 0 Å². The molecule has 0 saturated carbocycles. The molecule has 0 unspecified atom stereocenters. The maximum Gasteiger partial charge on any atom is 0.242 e. The first kappa shape index (κ1) is 16.1. The monoisotopic (exact) mass is 301 g/mol. The third kappa shape index (κ3) is 4.11. The van der Waals surface area contributed by atoms with Crippen LogP contribution in [-0.2, 0) is 11.2 Å². The number of likely N-dealkylation sites (N-methyl/N-ethyl adjacent to an activating group) is 1. The smallest absolute Gasteiger partial charge is 0.242 e. The Balaban J connectivity index is 2.00. The average molecular weight is 301 g/mol. The van der Waals surface area contributed by atoms with E-state index < -0.39 is 6.04 Å². The topological polar surface area (TPSA) is 45.2 Å². The second-order valence-electron chi connectivity index (χ2n) is 5.25. The van der Waals surface area contributed by atoms with Crippen molar-refractivity contribution < 1.29 is 9.18 Å². The van der Waals surface area contributed by atoms with Gasteiger partial charge in [-0.15, -0.1) is 0 Å². The van der Waals surface area contributed by atoms with E-state index in [0.717, 1.165) is 5.69 Å². The van der Waals surface area contributed by atoms with Crippen molar-refractivity contribution in [2.75, 3.05) is 20.6 Å². The first-order chi connectivity index (χ1) is 10.6. The lowest BCUT2D eigenvalue weighted by Gasteiger charge is -2.24. The Morgan fingerprint density at radius 3 is 2.59 bits per heavy atom. The number of nitrogens with zero attached hydrogens (tertiary/aromatic N) is 2. The third-order valence-electron chi connectivity index (χ3n) is 3.37. The summed E-state index contributed by atoms with van der Waals surface area (Å²) in [5.41, 5.74) is 1.29. The highest BCUT2D eigenvalue weighted by Gasteiger charge is 2.25. The van der Waals surface area contributed by atoms with Crippen LogP contribution in [0.4, 0.5) is 4.39 Å². The number of aromatic nitrogens is 1. The highest BCUT2D eigenvalue weighted by Crippen LogP contribution is 2.21. The van der Waals surface area contributed by atoms with Crippen LogP contribution in [0.25, 0.3) is 0 Å². The van der Waals surface area contributed by atoms with Crippen LogP contribution in [0.15, 0.2) is 48.7 Å². The first-order valence-electron chi connectivity index (χ1n) is 7.18. The summed E-state index contributed by atoms with van der Waals surface area (Å²) in [4.78, 5) is 18.3. The average Bonchev–Trinajstić information content (AvgIpc) is 2.50. The van der Waals surface area contributed by atoms with Crippen molar-refractivity contribution in [3.05, 3.63) is 65.7 Å². The van der Waals surface area contributed by atoms with Crippen molar-refractivity contribution in [3.63, 3.8) is 0 Å². The lowest BCUT2D eigenvalue weighted by atomic mass is 10.0. The number of pyridine rings is 1. The Morgan fingerprint density at radius 2 is 1.95 bits per heavy atom. The van der Waals surface area contributed by atoms with E-state index in [1.165, 1.54) is 6.07 Å². The Kier molecular flexibility index (Phi) is 5.61. The van der Waals surface area contributed by atoms with Gasteiger partial charge in [0.05, 0.1) is 0 Å². The SMILES string of the molecule is CN(C)[C@H](C(=O)NCCc1ccccn1)c1ccccc1F. The Bertz CT molecular complexity index is 616. The molecule has 0 aliphatic heterocycles. The number of hydrogen-bond acceptors (Lipinski definition) is 3. The van der Waals surface area contributed by atoms with Gasteiger partial charge in [0.1, 0.15) is 11.9 Å². The maximum absolute atomic E-state index is 13.9. The molecule has 22 heavy (non-hydrogen) atoms. The number of nitrogens with one attached hydrogen (secondary N) is 1. The maximum atomic E-state index is 13.9. The summed E-state index contributed by atoms with van der Waals surface area (Å²) in [5.74, 6) is -0.591. The predicted molar refractivity (Wildman–Crippen MR) is 83.8 cm³/mol. The van der Waals surface area contributed by atoms with E-state index in [1.807, 2.05) is 18.2 Å². The van der Waals surface area contributed by atoms with Crippen molar-refractivity contribution in [1.82, 2.24) is 15.2 Å². The van der Waals surface area contributed by atoms with Gasteiger partial charge in [0.25, 0.3) is 0 Å². The van der Waals surface area contributed by atoms with Crippen LogP contribution in [0.5, 0.6) is 0 Å². The molecule has 116 valence electrons. The molecule has 0 radical (unpaired) electrons. The summed E-state index contributed by atoms with van der Waals surface area (Å²) in [5, 5.41) is 2.85. The normalized spacial score (nSPS) is 12.2. The molecule has 1 N–H and O–H groups in total. The summed E-state index contributed by atoms with van der Waals surface area (Å²) in [6.45, 7) is 0.467. The number of amides is 1. The second-order valence-corrected chi connectivity index (χ2v) is 5.25. The van der Waals surface area contributed by atoms with Gasteiger partial charge in [0, 0.05) is 30.4 Å². The van der Waals surface area contributed by atoms with E-state index in [2.05, 4.69) is 10.3 Å². The number of carbonyl (C=O) groups excluding carboxylic acids is 1. The molecular formula is C17H20FN3O. The van der Waals surface area contributed by atoms with Crippen LogP contribution in [0.2, 0.25) is 0 Å². The molecule has 1 heterocycles. The molecule has 0 aliphatic rings. The molecule has 1 aromatic carbocycles. The number of halogens is 1. The minimum absolute atomic E-state index is 0.217. The van der Waals surface area contributed by atoms with Crippen LogP contribution in [-0.4, -0.2) is 36.4 Å². The highest BCUT2D eigenvalue weighted by molar-refractivity contribution is 5.83. The van der Waals surface area contributed by atoms with Gasteiger partial charge in [-0.25, -0.2) is 4.39 Å². The van der Waals surface area contributed by atoms with Crippen LogP contribution in [0, 0.1) is 5.82 Å². The van der Waals surface area contributed by atoms with Gasteiger partial charge in [-0.2, -0.15) is 0 Å². The molecule has 0 aliphatic carbocycles. The lowest BCUT2D eigenvalue weighted by Crippen LogP contribution is -2.38. The fourth-order valence-electron chi connectivity index (χ4n) is 2.31. The van der Waals surface area contributed by atoms with E-state index in [9.17, 15) is 9.18 Å². The van der Waals surface area contributed by atoms with Crippen molar-refractivity contribution >= 4 is 5.91 Å². The van der Waals surface area contributed by atoms with Gasteiger partial charge in [-0.05, 0) is 32.3 Å². The van der Waals surface area contributed by atoms with Crippen molar-refractivity contribution in [3.8, 4) is 0 Å². The van der Waals surface area contributed by atoms with Crippen molar-refractivity contribution in [2.45, 2.75) is 12.5 Å². The molecule has 4 nitrogen and oxygen atoms in total. The van der Waals surface area contributed by atoms with E-state index in [0.29, 0.717) is 18.5 Å². The standard InChI is InChI=1S/C17H20FN3O/c1-21(2)16(14-8-3-4-9-15(14)18)17(22)20-12-10-13-7-5-6-11-19-13/h3-9,11,16H,10,12H2,1-2H3,(H,20,22)/t16-/m0/s1. The van der Waals surface area contributed by atoms with Crippen molar-refractivity contribution in [2.24, 2.45) is 0 Å². The fourth-order valence-corrected chi connectivity index (χ4v) is 2.31. The van der Waals surface area contributed by atoms with Gasteiger partial charge in [-0.1, -0.05) is 24.3 Å². The lowest BCUT2D eigenvalue weighted by molar-refractivity contribution is -0.125. The van der Waals surface area contributed by atoms with Crippen LogP contribution in [0.3, 0.4) is 0 Å². The molecule has 0 spiro atoms. The number of benzene rings is 1. The summed E-state index contributed by atoms with van der Waals surface area (Å²) < 4.78 is 13.9. The molecule has 1 amide bonds. The van der Waals surface area contributed by atoms with E-state index in [4.69, 9.17) is 0 Å². The van der Waals surface area contributed by atoms with Crippen molar-refractivity contribution in [1.29, 1.82) is 0 Å². The van der Waals surface area contributed by atoms with Gasteiger partial charge in [-0.3, -0.25) is 14.7 Å². The van der Waals surface area contributed by atoms with Gasteiger partial charge < -0.3 is 5.32 Å². The summed E-state index contributed by atoms with van der Waals surface area (Å²) in [6.07, 6.45) is 2.36. The minimum Gasteiger partial charge on any atom is -0.354 e. The zero-order valence-corrected chi connectivity index (χ0v) is 12.8. The Morgan fingerprint density at radius 1 is 1.23 bits per heavy atom. The summed E-state index contributed by atoms with van der Waals surface area (Å²) in [7, 11) is 3.52. The molecule has 1 aromatic heterocycles. The fraction of sp³-hybridized carbons (Fsp3) is 0.294. The second kappa shape index (κ2) is 7.66. The Hall–Kier alpha value is -2.27. The first-order valence-corrected chi connectivity index (χ1v) is 7.18. The molecule has 2 aromatic rings. The molecule has 0 bridgehead atoms. The molecule has 0 fully saturated rings.